The van der Waals surface area contributed by atoms with Crippen LogP contribution in [0.1, 0.15) is 54.7 Å². The molecule has 0 atom stereocenters. The molecule has 0 bridgehead atoms. The van der Waals surface area contributed by atoms with Crippen LogP contribution >= 0.6 is 0 Å². The van der Waals surface area contributed by atoms with Crippen LogP contribution in [0.4, 0.5) is 4.53 Å². The molecule has 2 N–H and O–H groups in total. The van der Waals surface area contributed by atoms with Crippen LogP contribution in [-0.4, -0.2) is 45.2 Å². The van der Waals surface area contributed by atoms with Gasteiger partial charge in [-0.2, -0.15) is 10.0 Å². The van der Waals surface area contributed by atoms with E-state index >= 15 is 0 Å². The lowest BCUT2D eigenvalue weighted by atomic mass is 9.76. The Morgan fingerprint density at radius 3 is 2.83 bits per heavy atom. The highest BCUT2D eigenvalue weighted by Crippen LogP contribution is 2.38. The van der Waals surface area contributed by atoms with Crippen molar-refractivity contribution in [2.45, 2.75) is 52.1 Å². The Balaban J connectivity index is 1.40. The van der Waals surface area contributed by atoms with Gasteiger partial charge in [0.15, 0.2) is 0 Å². The minimum absolute atomic E-state index is 0.0234. The molecule has 1 amide bonds. The summed E-state index contributed by atoms with van der Waals surface area (Å²) in [5, 5.41) is 8.89. The highest BCUT2D eigenvalue weighted by atomic mass is 19.3. The molecular weight excluding hydrogens is 383 g/mol. The number of fused-ring (bicyclic) bond motifs is 2. The van der Waals surface area contributed by atoms with E-state index in [1.54, 1.807) is 4.90 Å². The van der Waals surface area contributed by atoms with E-state index in [-0.39, 0.29) is 5.91 Å². The van der Waals surface area contributed by atoms with Crippen LogP contribution in [0.2, 0.25) is 0 Å². The number of benzene rings is 1. The molecular formula is C23H27FN4O2. The number of rotatable bonds is 3. The van der Waals surface area contributed by atoms with Crippen molar-refractivity contribution in [3.63, 3.8) is 0 Å². The molecule has 0 unspecified atom stereocenters. The molecule has 3 heterocycles. The number of carbonyl (C=O) groups excluding carboxylic acids is 1. The van der Waals surface area contributed by atoms with Crippen LogP contribution in [-0.2, 0) is 17.8 Å². The molecule has 1 fully saturated rings. The summed E-state index contributed by atoms with van der Waals surface area (Å²) in [6, 6.07) is 7.84. The number of piperidine rings is 1. The van der Waals surface area contributed by atoms with Crippen molar-refractivity contribution < 1.29 is 14.3 Å². The molecule has 2 aliphatic rings. The van der Waals surface area contributed by atoms with Crippen LogP contribution in [0.3, 0.4) is 0 Å². The van der Waals surface area contributed by atoms with Crippen LogP contribution in [0.25, 0.3) is 22.3 Å². The van der Waals surface area contributed by atoms with Crippen LogP contribution < -0.4 is 0 Å². The monoisotopic (exact) mass is 410 g/mol. The molecule has 3 aromatic rings. The largest absolute Gasteiger partial charge is 0.353 e. The van der Waals surface area contributed by atoms with Gasteiger partial charge in [0, 0.05) is 40.8 Å². The van der Waals surface area contributed by atoms with Gasteiger partial charge < -0.3 is 9.88 Å². The first-order chi connectivity index (χ1) is 14.4. The molecule has 2 aromatic heterocycles. The maximum atomic E-state index is 12.9. The number of aromatic amines is 2. The zero-order valence-electron chi connectivity index (χ0n) is 17.4. The van der Waals surface area contributed by atoms with Gasteiger partial charge in [0.1, 0.15) is 11.8 Å². The lowest BCUT2D eigenvalue weighted by molar-refractivity contribution is -0.189. The zero-order valence-corrected chi connectivity index (χ0v) is 17.4. The molecule has 0 spiro atoms. The van der Waals surface area contributed by atoms with Gasteiger partial charge in [0.05, 0.1) is 5.69 Å². The molecule has 6 nitrogen and oxygen atoms in total. The van der Waals surface area contributed by atoms with E-state index in [4.69, 9.17) is 0 Å². The summed E-state index contributed by atoms with van der Waals surface area (Å²) in [4.78, 5) is 22.0. The molecule has 1 saturated heterocycles. The molecule has 1 aromatic carbocycles. The van der Waals surface area contributed by atoms with Crippen LogP contribution in [0.15, 0.2) is 24.3 Å². The van der Waals surface area contributed by atoms with Crippen LogP contribution in [0, 0.1) is 5.41 Å². The summed E-state index contributed by atoms with van der Waals surface area (Å²) in [5.41, 5.74) is 6.36. The van der Waals surface area contributed by atoms with E-state index in [1.165, 1.54) is 11.3 Å². The number of likely N-dealkylation sites (tertiary alicyclic amines) is 1. The predicted octanol–water partition coefficient (Wildman–Crippen LogP) is 4.58. The Bertz CT molecular complexity index is 1090. The molecule has 5 rings (SSSR count). The molecule has 1 aliphatic heterocycles. The number of hydrogen-bond acceptors (Lipinski definition) is 3. The van der Waals surface area contributed by atoms with E-state index < -0.39 is 6.10 Å². The van der Waals surface area contributed by atoms with Crippen molar-refractivity contribution in [1.82, 2.24) is 20.1 Å². The fourth-order valence-electron chi connectivity index (χ4n) is 4.79. The average Bonchev–Trinajstić information content (AvgIpc) is 3.35. The Hall–Kier alpha value is -2.67. The predicted molar refractivity (Wildman–Crippen MR) is 113 cm³/mol. The van der Waals surface area contributed by atoms with Gasteiger partial charge >= 0.3 is 0 Å². The summed E-state index contributed by atoms with van der Waals surface area (Å²) >= 11 is 0. The molecule has 30 heavy (non-hydrogen) atoms. The van der Waals surface area contributed by atoms with Crippen molar-refractivity contribution in [3.8, 4) is 11.4 Å². The highest BCUT2D eigenvalue weighted by molar-refractivity contribution is 5.98. The third-order valence-corrected chi connectivity index (χ3v) is 6.64. The van der Waals surface area contributed by atoms with Crippen LogP contribution in [0.5, 0.6) is 0 Å². The Labute approximate surface area is 174 Å². The third-order valence-electron chi connectivity index (χ3n) is 6.64. The first-order valence-electron chi connectivity index (χ1n) is 10.7. The quantitative estimate of drug-likeness (QED) is 0.664. The second-order valence-electron chi connectivity index (χ2n) is 9.44. The van der Waals surface area contributed by atoms with Gasteiger partial charge in [0.2, 0.25) is 0 Å². The van der Waals surface area contributed by atoms with E-state index in [1.807, 2.05) is 18.2 Å². The summed E-state index contributed by atoms with van der Waals surface area (Å²) in [6.45, 7) is 5.62. The number of hydrogen-bond donors (Lipinski definition) is 2. The standard InChI is InChI=1S/C23H27FN4O2/c1-23(2)8-5-17-20(13-23)26-27-21(17)19-11-14-3-4-15(12-18(14)25-19)22(29)28-9-6-16(30-24)7-10-28/h3-4,11-12,16,25H,5-10,13H2,1-2H3,(H,26,27). The van der Waals surface area contributed by atoms with E-state index in [0.29, 0.717) is 36.9 Å². The van der Waals surface area contributed by atoms with Gasteiger partial charge in [0.25, 0.3) is 5.91 Å². The number of aromatic nitrogens is 3. The number of nitrogens with zero attached hydrogens (tertiary/aromatic N) is 2. The number of amides is 1. The van der Waals surface area contributed by atoms with Gasteiger partial charge in [-0.25, -0.2) is 0 Å². The lowest BCUT2D eigenvalue weighted by Crippen LogP contribution is -2.40. The van der Waals surface area contributed by atoms with Gasteiger partial charge in [-0.1, -0.05) is 19.9 Å². The Morgan fingerprint density at radius 1 is 1.27 bits per heavy atom. The minimum Gasteiger partial charge on any atom is -0.353 e. The van der Waals surface area contributed by atoms with E-state index in [9.17, 15) is 9.32 Å². The number of H-pyrrole nitrogens is 2. The van der Waals surface area contributed by atoms with Gasteiger partial charge in [-0.15, -0.1) is 0 Å². The van der Waals surface area contributed by atoms with E-state index in [2.05, 4.69) is 40.0 Å². The van der Waals surface area contributed by atoms with Crippen molar-refractivity contribution in [1.29, 1.82) is 0 Å². The second kappa shape index (κ2) is 7.23. The Morgan fingerprint density at radius 2 is 2.07 bits per heavy atom. The fraction of sp³-hybridized carbons (Fsp3) is 0.478. The highest BCUT2D eigenvalue weighted by Gasteiger charge is 2.29. The molecule has 1 aliphatic carbocycles. The molecule has 158 valence electrons. The van der Waals surface area contributed by atoms with Gasteiger partial charge in [-0.05, 0) is 60.2 Å². The van der Waals surface area contributed by atoms with Crippen molar-refractivity contribution in [2.75, 3.05) is 13.1 Å². The number of carbonyl (C=O) groups is 1. The van der Waals surface area contributed by atoms with Crippen molar-refractivity contribution >= 4 is 16.8 Å². The first kappa shape index (κ1) is 19.3. The SMILES string of the molecule is CC1(C)CCc2c(-c3cc4ccc(C(=O)N5CCC(OF)CC5)cc4[nH]3)n[nH]c2C1. The molecule has 7 heteroatoms. The normalized spacial score (nSPS) is 19.2. The maximum absolute atomic E-state index is 12.9. The third kappa shape index (κ3) is 3.41. The second-order valence-corrected chi connectivity index (χ2v) is 9.44. The average molecular weight is 410 g/mol. The summed E-state index contributed by atoms with van der Waals surface area (Å²) < 4.78 is 12.4. The topological polar surface area (TPSA) is 74.0 Å². The number of halogens is 1. The van der Waals surface area contributed by atoms with Gasteiger partial charge in [-0.3, -0.25) is 9.89 Å². The summed E-state index contributed by atoms with van der Waals surface area (Å²) in [5.74, 6) is -0.0234. The maximum Gasteiger partial charge on any atom is 0.253 e. The smallest absolute Gasteiger partial charge is 0.253 e. The minimum atomic E-state index is -0.396. The lowest BCUT2D eigenvalue weighted by Gasteiger charge is -2.29. The fourth-order valence-corrected chi connectivity index (χ4v) is 4.79. The Kier molecular flexibility index (Phi) is 4.65. The van der Waals surface area contributed by atoms with E-state index in [0.717, 1.165) is 41.6 Å². The van der Waals surface area contributed by atoms with Crippen molar-refractivity contribution in [3.05, 3.63) is 41.1 Å². The molecule has 0 radical (unpaired) electrons. The summed E-state index contributed by atoms with van der Waals surface area (Å²) in [7, 11) is 0. The number of nitrogens with one attached hydrogen (secondary N) is 2. The van der Waals surface area contributed by atoms with Crippen molar-refractivity contribution in [2.24, 2.45) is 5.41 Å². The zero-order chi connectivity index (χ0) is 20.9. The first-order valence-corrected chi connectivity index (χ1v) is 10.7. The summed E-state index contributed by atoms with van der Waals surface area (Å²) in [6.07, 6.45) is 3.84. The molecule has 0 saturated carbocycles.